The second kappa shape index (κ2) is 5.75. The summed E-state index contributed by atoms with van der Waals surface area (Å²) in [4.78, 5) is 13.8. The molecule has 1 amide bonds. The summed E-state index contributed by atoms with van der Waals surface area (Å²) in [6, 6.07) is 1.85. The van der Waals surface area contributed by atoms with Crippen LogP contribution >= 0.6 is 11.6 Å². The number of carbonyl (C=O) groups is 1. The van der Waals surface area contributed by atoms with Crippen LogP contribution in [0.25, 0.3) is 0 Å². The molecule has 0 fully saturated rings. The molecule has 0 radical (unpaired) electrons. The summed E-state index contributed by atoms with van der Waals surface area (Å²) in [5.74, 6) is 0.548. The zero-order valence-electron chi connectivity index (χ0n) is 9.03. The van der Waals surface area contributed by atoms with Gasteiger partial charge in [-0.1, -0.05) is 0 Å². The number of nitrogens with zero attached hydrogens (tertiary/aromatic N) is 2. The molecule has 0 aliphatic rings. The van der Waals surface area contributed by atoms with E-state index in [1.807, 2.05) is 13.8 Å². The Kier molecular flexibility index (Phi) is 4.62. The van der Waals surface area contributed by atoms with Gasteiger partial charge in [0.1, 0.15) is 5.69 Å². The zero-order valence-corrected chi connectivity index (χ0v) is 9.79. The lowest BCUT2D eigenvalue weighted by atomic mass is 10.2. The Hall–Kier alpha value is -1.03. The fourth-order valence-electron chi connectivity index (χ4n) is 1.35. The van der Waals surface area contributed by atoms with Gasteiger partial charge < -0.3 is 4.90 Å². The molecule has 0 aromatic carbocycles. The third kappa shape index (κ3) is 3.23. The number of aromatic nitrogens is 2. The molecule has 4 nitrogen and oxygen atoms in total. The molecule has 0 aliphatic heterocycles. The Morgan fingerprint density at radius 3 is 2.87 bits per heavy atom. The molecule has 1 aromatic heterocycles. The van der Waals surface area contributed by atoms with Crippen molar-refractivity contribution in [3.63, 3.8) is 0 Å². The van der Waals surface area contributed by atoms with Gasteiger partial charge in [0, 0.05) is 24.7 Å². The van der Waals surface area contributed by atoms with Gasteiger partial charge in [-0.2, -0.15) is 5.10 Å². The molecule has 1 aromatic rings. The topological polar surface area (TPSA) is 49.0 Å². The van der Waals surface area contributed by atoms with E-state index in [-0.39, 0.29) is 11.9 Å². The van der Waals surface area contributed by atoms with Crippen molar-refractivity contribution in [1.82, 2.24) is 15.1 Å². The highest BCUT2D eigenvalue weighted by Gasteiger charge is 2.18. The Bertz CT molecular complexity index is 298. The molecule has 0 unspecified atom stereocenters. The minimum atomic E-state index is -0.0207. The first-order valence-corrected chi connectivity index (χ1v) is 5.56. The normalized spacial score (nSPS) is 10.7. The monoisotopic (exact) mass is 229 g/mol. The summed E-state index contributed by atoms with van der Waals surface area (Å²) >= 11 is 5.62. The SMILES string of the molecule is CC(C)N(CCCCl)C(=O)c1ccn[nH]1. The molecule has 84 valence electrons. The maximum atomic E-state index is 12.0. The van der Waals surface area contributed by atoms with Crippen LogP contribution in [0.4, 0.5) is 0 Å². The molecular formula is C10H16ClN3O. The number of halogens is 1. The number of amides is 1. The van der Waals surface area contributed by atoms with Crippen LogP contribution in [0.1, 0.15) is 30.8 Å². The molecule has 1 N–H and O–H groups in total. The van der Waals surface area contributed by atoms with E-state index in [4.69, 9.17) is 11.6 Å². The van der Waals surface area contributed by atoms with Crippen LogP contribution in [-0.2, 0) is 0 Å². The van der Waals surface area contributed by atoms with E-state index in [0.29, 0.717) is 18.1 Å². The number of aromatic amines is 1. The Morgan fingerprint density at radius 2 is 2.40 bits per heavy atom. The van der Waals surface area contributed by atoms with E-state index >= 15 is 0 Å². The van der Waals surface area contributed by atoms with Crippen LogP contribution in [0.15, 0.2) is 12.3 Å². The van der Waals surface area contributed by atoms with E-state index in [2.05, 4.69) is 10.2 Å². The fourth-order valence-corrected chi connectivity index (χ4v) is 1.47. The number of H-pyrrole nitrogens is 1. The van der Waals surface area contributed by atoms with Gasteiger partial charge in [-0.25, -0.2) is 0 Å². The second-order valence-corrected chi connectivity index (χ2v) is 3.98. The van der Waals surface area contributed by atoms with Gasteiger partial charge in [0.25, 0.3) is 5.91 Å². The van der Waals surface area contributed by atoms with Crippen LogP contribution in [0, 0.1) is 0 Å². The van der Waals surface area contributed by atoms with Crippen molar-refractivity contribution in [2.75, 3.05) is 12.4 Å². The van der Waals surface area contributed by atoms with Gasteiger partial charge in [0.15, 0.2) is 0 Å². The number of carbonyl (C=O) groups excluding carboxylic acids is 1. The fraction of sp³-hybridized carbons (Fsp3) is 0.600. The zero-order chi connectivity index (χ0) is 11.3. The quantitative estimate of drug-likeness (QED) is 0.784. The summed E-state index contributed by atoms with van der Waals surface area (Å²) in [5.41, 5.74) is 0.526. The van der Waals surface area contributed by atoms with Crippen molar-refractivity contribution < 1.29 is 4.79 Å². The van der Waals surface area contributed by atoms with Crippen molar-refractivity contribution in [3.8, 4) is 0 Å². The highest BCUT2D eigenvalue weighted by molar-refractivity contribution is 6.17. The predicted molar refractivity (Wildman–Crippen MR) is 60.1 cm³/mol. The molecular weight excluding hydrogens is 214 g/mol. The average Bonchev–Trinajstić information content (AvgIpc) is 2.70. The third-order valence-corrected chi connectivity index (χ3v) is 2.42. The summed E-state index contributed by atoms with van der Waals surface area (Å²) in [6.07, 6.45) is 2.38. The molecule has 1 rings (SSSR count). The number of alkyl halides is 1. The molecule has 0 saturated heterocycles. The second-order valence-electron chi connectivity index (χ2n) is 3.61. The third-order valence-electron chi connectivity index (χ3n) is 2.15. The van der Waals surface area contributed by atoms with E-state index in [0.717, 1.165) is 6.42 Å². The highest BCUT2D eigenvalue weighted by Crippen LogP contribution is 2.07. The Balaban J connectivity index is 2.67. The van der Waals surface area contributed by atoms with Crippen molar-refractivity contribution in [2.45, 2.75) is 26.3 Å². The summed E-state index contributed by atoms with van der Waals surface area (Å²) in [6.45, 7) is 4.66. The molecule has 0 bridgehead atoms. The molecule has 1 heterocycles. The van der Waals surface area contributed by atoms with Gasteiger partial charge >= 0.3 is 0 Å². The van der Waals surface area contributed by atoms with Crippen molar-refractivity contribution in [3.05, 3.63) is 18.0 Å². The lowest BCUT2D eigenvalue weighted by Gasteiger charge is -2.25. The predicted octanol–water partition coefficient (Wildman–Crippen LogP) is 1.89. The van der Waals surface area contributed by atoms with Crippen LogP contribution < -0.4 is 0 Å². The van der Waals surface area contributed by atoms with E-state index in [9.17, 15) is 4.79 Å². The van der Waals surface area contributed by atoms with Crippen LogP contribution in [0.5, 0.6) is 0 Å². The smallest absolute Gasteiger partial charge is 0.272 e. The van der Waals surface area contributed by atoms with Crippen molar-refractivity contribution >= 4 is 17.5 Å². The van der Waals surface area contributed by atoms with Crippen LogP contribution in [0.2, 0.25) is 0 Å². The molecule has 5 heteroatoms. The Morgan fingerprint density at radius 1 is 1.67 bits per heavy atom. The van der Waals surface area contributed by atoms with Gasteiger partial charge in [0.2, 0.25) is 0 Å². The lowest BCUT2D eigenvalue weighted by Crippen LogP contribution is -2.38. The maximum Gasteiger partial charge on any atom is 0.272 e. The summed E-state index contributed by atoms with van der Waals surface area (Å²) < 4.78 is 0. The molecule has 0 aliphatic carbocycles. The highest BCUT2D eigenvalue weighted by atomic mass is 35.5. The van der Waals surface area contributed by atoms with Crippen LogP contribution in [-0.4, -0.2) is 39.5 Å². The first-order chi connectivity index (χ1) is 7.16. The van der Waals surface area contributed by atoms with Gasteiger partial charge in [-0.05, 0) is 26.3 Å². The number of hydrogen-bond acceptors (Lipinski definition) is 2. The van der Waals surface area contributed by atoms with E-state index in [1.165, 1.54) is 0 Å². The minimum Gasteiger partial charge on any atom is -0.335 e. The van der Waals surface area contributed by atoms with Gasteiger partial charge in [0.05, 0.1) is 0 Å². The largest absolute Gasteiger partial charge is 0.335 e. The van der Waals surface area contributed by atoms with E-state index in [1.54, 1.807) is 17.2 Å². The van der Waals surface area contributed by atoms with Crippen molar-refractivity contribution in [2.24, 2.45) is 0 Å². The number of hydrogen-bond donors (Lipinski definition) is 1. The average molecular weight is 230 g/mol. The lowest BCUT2D eigenvalue weighted by molar-refractivity contribution is 0.0700. The molecule has 15 heavy (non-hydrogen) atoms. The standard InChI is InChI=1S/C10H16ClN3O/c1-8(2)14(7-3-5-11)10(15)9-4-6-12-13-9/h4,6,8H,3,5,7H2,1-2H3,(H,12,13). The van der Waals surface area contributed by atoms with Crippen LogP contribution in [0.3, 0.4) is 0 Å². The van der Waals surface area contributed by atoms with E-state index < -0.39 is 0 Å². The van der Waals surface area contributed by atoms with Crippen molar-refractivity contribution in [1.29, 1.82) is 0 Å². The first-order valence-electron chi connectivity index (χ1n) is 5.03. The van der Waals surface area contributed by atoms with Gasteiger partial charge in [-0.15, -0.1) is 11.6 Å². The first kappa shape index (κ1) is 12.0. The minimum absolute atomic E-state index is 0.0207. The Labute approximate surface area is 94.6 Å². The summed E-state index contributed by atoms with van der Waals surface area (Å²) in [5, 5.41) is 6.44. The maximum absolute atomic E-state index is 12.0. The summed E-state index contributed by atoms with van der Waals surface area (Å²) in [7, 11) is 0. The number of rotatable bonds is 5. The molecule has 0 atom stereocenters. The molecule has 0 saturated carbocycles. The molecule has 0 spiro atoms. The van der Waals surface area contributed by atoms with Gasteiger partial charge in [-0.3, -0.25) is 9.89 Å². The number of nitrogens with one attached hydrogen (secondary N) is 1.